The molecular weight excluding hydrogens is 268 g/mol. The predicted molar refractivity (Wildman–Crippen MR) is 86.0 cm³/mol. The van der Waals surface area contributed by atoms with E-state index in [1.807, 2.05) is 25.8 Å². The number of Topliss-reactive ketones (excluding diaryl/α,β-unsaturated/α-hetero) is 1. The van der Waals surface area contributed by atoms with Crippen LogP contribution in [-0.2, 0) is 9.59 Å². The fraction of sp³-hybridized carbons (Fsp3) is 0.867. The second-order valence-electron chi connectivity index (χ2n) is 5.53. The highest BCUT2D eigenvalue weighted by Gasteiger charge is 2.19. The van der Waals surface area contributed by atoms with Crippen molar-refractivity contribution in [2.24, 2.45) is 0 Å². The summed E-state index contributed by atoms with van der Waals surface area (Å²) in [5.41, 5.74) is 0. The van der Waals surface area contributed by atoms with Gasteiger partial charge in [-0.05, 0) is 21.0 Å². The lowest BCUT2D eigenvalue weighted by molar-refractivity contribution is -0.130. The summed E-state index contributed by atoms with van der Waals surface area (Å²) in [5, 5.41) is 3.20. The zero-order valence-electron chi connectivity index (χ0n) is 14.3. The molecule has 21 heavy (non-hydrogen) atoms. The molecule has 0 radical (unpaired) electrons. The monoisotopic (exact) mass is 300 g/mol. The molecule has 2 heterocycles. The molecule has 6 heteroatoms. The van der Waals surface area contributed by atoms with Crippen molar-refractivity contribution in [3.8, 4) is 0 Å². The lowest BCUT2D eigenvalue weighted by Crippen LogP contribution is -2.29. The lowest BCUT2D eigenvalue weighted by Gasteiger charge is -2.13. The normalized spacial score (nSPS) is 18.6. The van der Waals surface area contributed by atoms with Gasteiger partial charge in [0.05, 0.1) is 6.67 Å². The molecule has 0 saturated carbocycles. The number of rotatable bonds is 2. The van der Waals surface area contributed by atoms with E-state index in [1.54, 1.807) is 6.92 Å². The SMILES string of the molecule is CCC(=O)N1CCN(C)C1.CCC(C)=O.CN1CCNC1. The van der Waals surface area contributed by atoms with Gasteiger partial charge in [-0.1, -0.05) is 13.8 Å². The Bertz CT molecular complexity index is 304. The summed E-state index contributed by atoms with van der Waals surface area (Å²) in [6, 6.07) is 0. The lowest BCUT2D eigenvalue weighted by atomic mass is 10.4. The van der Waals surface area contributed by atoms with E-state index in [1.165, 1.54) is 6.54 Å². The van der Waals surface area contributed by atoms with Crippen molar-refractivity contribution in [3.63, 3.8) is 0 Å². The van der Waals surface area contributed by atoms with Crippen molar-refractivity contribution in [2.45, 2.75) is 33.6 Å². The first-order chi connectivity index (χ1) is 9.90. The molecule has 0 aliphatic carbocycles. The summed E-state index contributed by atoms with van der Waals surface area (Å²) in [5.74, 6) is 0.523. The second kappa shape index (κ2) is 11.7. The number of amides is 1. The van der Waals surface area contributed by atoms with E-state index in [9.17, 15) is 9.59 Å². The Balaban J connectivity index is 0.000000312. The summed E-state index contributed by atoms with van der Waals surface area (Å²) in [6.45, 7) is 11.5. The summed E-state index contributed by atoms with van der Waals surface area (Å²) in [6.07, 6.45) is 1.30. The Labute approximate surface area is 129 Å². The second-order valence-corrected chi connectivity index (χ2v) is 5.53. The van der Waals surface area contributed by atoms with Gasteiger partial charge in [0.25, 0.3) is 0 Å². The van der Waals surface area contributed by atoms with Crippen LogP contribution in [0.3, 0.4) is 0 Å². The van der Waals surface area contributed by atoms with Gasteiger partial charge in [0.2, 0.25) is 5.91 Å². The van der Waals surface area contributed by atoms with Gasteiger partial charge < -0.3 is 15.0 Å². The molecule has 0 bridgehead atoms. The molecule has 6 nitrogen and oxygen atoms in total. The maximum absolute atomic E-state index is 11.1. The van der Waals surface area contributed by atoms with Crippen molar-refractivity contribution in [1.82, 2.24) is 20.0 Å². The highest BCUT2D eigenvalue weighted by molar-refractivity contribution is 5.76. The van der Waals surface area contributed by atoms with Gasteiger partial charge >= 0.3 is 0 Å². The van der Waals surface area contributed by atoms with Gasteiger partial charge in [-0.15, -0.1) is 0 Å². The van der Waals surface area contributed by atoms with E-state index in [0.29, 0.717) is 12.8 Å². The fourth-order valence-corrected chi connectivity index (χ4v) is 1.77. The van der Waals surface area contributed by atoms with Crippen LogP contribution >= 0.6 is 0 Å². The smallest absolute Gasteiger partial charge is 0.223 e. The van der Waals surface area contributed by atoms with Gasteiger partial charge in [0, 0.05) is 45.7 Å². The topological polar surface area (TPSA) is 55.9 Å². The molecule has 2 aliphatic heterocycles. The third-order valence-corrected chi connectivity index (χ3v) is 3.37. The van der Waals surface area contributed by atoms with Crippen LogP contribution in [0.25, 0.3) is 0 Å². The van der Waals surface area contributed by atoms with E-state index in [2.05, 4.69) is 22.2 Å². The van der Waals surface area contributed by atoms with E-state index in [-0.39, 0.29) is 11.7 Å². The van der Waals surface area contributed by atoms with Crippen LogP contribution in [0.2, 0.25) is 0 Å². The van der Waals surface area contributed by atoms with Crippen molar-refractivity contribution in [3.05, 3.63) is 0 Å². The zero-order valence-corrected chi connectivity index (χ0v) is 14.3. The molecular formula is C15H32N4O2. The van der Waals surface area contributed by atoms with E-state index < -0.39 is 0 Å². The minimum atomic E-state index is 0.255. The maximum atomic E-state index is 11.1. The molecule has 2 rings (SSSR count). The fourth-order valence-electron chi connectivity index (χ4n) is 1.77. The Morgan fingerprint density at radius 2 is 1.62 bits per heavy atom. The first-order valence-electron chi connectivity index (χ1n) is 7.75. The molecule has 0 aromatic rings. The summed E-state index contributed by atoms with van der Waals surface area (Å²) >= 11 is 0. The van der Waals surface area contributed by atoms with Crippen LogP contribution in [0.1, 0.15) is 33.6 Å². The minimum Gasteiger partial charge on any atom is -0.328 e. The highest BCUT2D eigenvalue weighted by atomic mass is 16.2. The Hall–Kier alpha value is -0.980. The number of nitrogens with zero attached hydrogens (tertiary/aromatic N) is 3. The molecule has 2 aliphatic rings. The number of nitrogens with one attached hydrogen (secondary N) is 1. The van der Waals surface area contributed by atoms with Crippen LogP contribution in [0.15, 0.2) is 0 Å². The average Bonchev–Trinajstić information content (AvgIpc) is 3.10. The molecule has 0 aromatic heterocycles. The molecule has 0 aromatic carbocycles. The third-order valence-electron chi connectivity index (χ3n) is 3.37. The summed E-state index contributed by atoms with van der Waals surface area (Å²) < 4.78 is 0. The van der Waals surface area contributed by atoms with Crippen molar-refractivity contribution >= 4 is 11.7 Å². The molecule has 124 valence electrons. The van der Waals surface area contributed by atoms with Crippen LogP contribution in [0.4, 0.5) is 0 Å². The number of carbonyl (C=O) groups excluding carboxylic acids is 2. The molecule has 1 N–H and O–H groups in total. The number of ketones is 1. The van der Waals surface area contributed by atoms with Gasteiger partial charge in [0.1, 0.15) is 5.78 Å². The molecule has 2 saturated heterocycles. The Morgan fingerprint density at radius 1 is 1.00 bits per heavy atom. The van der Waals surface area contributed by atoms with Crippen molar-refractivity contribution < 1.29 is 9.59 Å². The largest absolute Gasteiger partial charge is 0.328 e. The highest BCUT2D eigenvalue weighted by Crippen LogP contribution is 2.02. The van der Waals surface area contributed by atoms with Gasteiger partial charge in [-0.3, -0.25) is 14.6 Å². The van der Waals surface area contributed by atoms with Crippen LogP contribution in [0.5, 0.6) is 0 Å². The standard InChI is InChI=1S/C7H14N2O.C4H10N2.C4H8O/c1-3-7(10)9-5-4-8(2)6-9;1-6-3-2-5-4-6;1-3-4(2)5/h3-6H2,1-2H3;5H,2-4H2,1H3;3H2,1-2H3. The predicted octanol–water partition coefficient (Wildman–Crippen LogP) is 0.592. The van der Waals surface area contributed by atoms with Gasteiger partial charge in [-0.2, -0.15) is 0 Å². The maximum Gasteiger partial charge on any atom is 0.223 e. The van der Waals surface area contributed by atoms with Crippen LogP contribution < -0.4 is 5.32 Å². The Morgan fingerprint density at radius 3 is 1.86 bits per heavy atom. The number of hydrogen-bond donors (Lipinski definition) is 1. The van der Waals surface area contributed by atoms with E-state index >= 15 is 0 Å². The first-order valence-corrected chi connectivity index (χ1v) is 7.75. The Kier molecular flexibility index (Phi) is 11.1. The summed E-state index contributed by atoms with van der Waals surface area (Å²) in [7, 11) is 4.14. The molecule has 1 amide bonds. The first kappa shape index (κ1) is 20.0. The summed E-state index contributed by atoms with van der Waals surface area (Å²) in [4.78, 5) is 27.2. The average molecular weight is 300 g/mol. The zero-order chi connectivity index (χ0) is 16.3. The number of hydrogen-bond acceptors (Lipinski definition) is 5. The van der Waals surface area contributed by atoms with E-state index in [4.69, 9.17) is 0 Å². The molecule has 0 spiro atoms. The van der Waals surface area contributed by atoms with E-state index in [0.717, 1.165) is 33.0 Å². The van der Waals surface area contributed by atoms with Crippen LogP contribution in [-0.4, -0.2) is 80.0 Å². The third kappa shape index (κ3) is 10.4. The van der Waals surface area contributed by atoms with Crippen molar-refractivity contribution in [2.75, 3.05) is 53.6 Å². The molecule has 2 fully saturated rings. The minimum absolute atomic E-state index is 0.255. The quantitative estimate of drug-likeness (QED) is 0.809. The molecule has 0 atom stereocenters. The molecule has 0 unspecified atom stereocenters. The van der Waals surface area contributed by atoms with Crippen LogP contribution in [0, 0.1) is 0 Å². The van der Waals surface area contributed by atoms with Gasteiger partial charge in [0.15, 0.2) is 0 Å². The number of likely N-dealkylation sites (N-methyl/N-ethyl adjacent to an activating group) is 2. The van der Waals surface area contributed by atoms with Crippen molar-refractivity contribution in [1.29, 1.82) is 0 Å². The number of carbonyl (C=O) groups is 2. The van der Waals surface area contributed by atoms with Gasteiger partial charge in [-0.25, -0.2) is 0 Å².